The van der Waals surface area contributed by atoms with Crippen LogP contribution in [-0.4, -0.2) is 44.7 Å². The number of carbonyl (C=O) groups excluding carboxylic acids is 1. The normalized spacial score (nSPS) is 19.1. The lowest BCUT2D eigenvalue weighted by molar-refractivity contribution is -0.141. The summed E-state index contributed by atoms with van der Waals surface area (Å²) in [6.07, 6.45) is 3.64. The topological polar surface area (TPSA) is 105 Å². The van der Waals surface area contributed by atoms with Gasteiger partial charge in [-0.2, -0.15) is 4.98 Å². The van der Waals surface area contributed by atoms with Gasteiger partial charge in [-0.1, -0.05) is 18.5 Å². The Morgan fingerprint density at radius 3 is 2.80 bits per heavy atom. The fourth-order valence-electron chi connectivity index (χ4n) is 2.31. The van der Waals surface area contributed by atoms with Gasteiger partial charge >= 0.3 is 0 Å². The second kappa shape index (κ2) is 6.32. The molecule has 0 spiro atoms. The number of carbonyl (C=O) groups is 1. The van der Waals surface area contributed by atoms with Gasteiger partial charge in [-0.3, -0.25) is 9.69 Å². The van der Waals surface area contributed by atoms with Crippen molar-refractivity contribution in [1.29, 1.82) is 0 Å². The van der Waals surface area contributed by atoms with Crippen LogP contribution in [0.25, 0.3) is 0 Å². The third-order valence-electron chi connectivity index (χ3n) is 3.76. The largest absolute Gasteiger partial charge is 0.380 e. The van der Waals surface area contributed by atoms with E-state index in [1.54, 1.807) is 0 Å². The summed E-state index contributed by atoms with van der Waals surface area (Å²) >= 11 is 0. The number of piperidine rings is 1. The zero-order valence-corrected chi connectivity index (χ0v) is 11.8. The minimum Gasteiger partial charge on any atom is -0.380 e. The SMILES string of the molecule is CCCCc1nc(CN2CCC(O)(C(N)=O)CC2)no1. The molecule has 0 saturated carbocycles. The average molecular weight is 282 g/mol. The highest BCUT2D eigenvalue weighted by molar-refractivity contribution is 5.83. The van der Waals surface area contributed by atoms with Gasteiger partial charge in [-0.05, 0) is 19.3 Å². The van der Waals surface area contributed by atoms with Gasteiger partial charge in [0.2, 0.25) is 11.8 Å². The third-order valence-corrected chi connectivity index (χ3v) is 3.76. The number of likely N-dealkylation sites (tertiary alicyclic amines) is 1. The minimum absolute atomic E-state index is 0.350. The first-order valence-corrected chi connectivity index (χ1v) is 7.09. The van der Waals surface area contributed by atoms with E-state index in [9.17, 15) is 9.90 Å². The monoisotopic (exact) mass is 282 g/mol. The highest BCUT2D eigenvalue weighted by Gasteiger charge is 2.37. The number of aryl methyl sites for hydroxylation is 1. The van der Waals surface area contributed by atoms with Crippen LogP contribution >= 0.6 is 0 Å². The number of nitrogens with zero attached hydrogens (tertiary/aromatic N) is 3. The predicted octanol–water partition coefficient (Wildman–Crippen LogP) is 0.224. The molecule has 1 aromatic heterocycles. The molecule has 0 unspecified atom stereocenters. The molecule has 3 N–H and O–H groups in total. The van der Waals surface area contributed by atoms with E-state index in [1.165, 1.54) is 0 Å². The lowest BCUT2D eigenvalue weighted by Crippen LogP contribution is -2.52. The second-order valence-corrected chi connectivity index (χ2v) is 5.38. The van der Waals surface area contributed by atoms with Crippen molar-refractivity contribution in [2.24, 2.45) is 5.73 Å². The van der Waals surface area contributed by atoms with E-state index in [4.69, 9.17) is 10.3 Å². The highest BCUT2D eigenvalue weighted by atomic mass is 16.5. The molecule has 1 aromatic rings. The van der Waals surface area contributed by atoms with E-state index in [0.717, 1.165) is 19.3 Å². The van der Waals surface area contributed by atoms with Crippen molar-refractivity contribution in [2.45, 2.75) is 51.2 Å². The first kappa shape index (κ1) is 14.9. The molecule has 1 fully saturated rings. The van der Waals surface area contributed by atoms with Crippen LogP contribution in [0, 0.1) is 0 Å². The van der Waals surface area contributed by atoms with Crippen molar-refractivity contribution in [3.63, 3.8) is 0 Å². The second-order valence-electron chi connectivity index (χ2n) is 5.38. The van der Waals surface area contributed by atoms with Crippen LogP contribution in [0.15, 0.2) is 4.52 Å². The van der Waals surface area contributed by atoms with E-state index >= 15 is 0 Å². The molecule has 1 amide bonds. The number of amides is 1. The maximum atomic E-state index is 11.2. The average Bonchev–Trinajstić information content (AvgIpc) is 2.86. The Morgan fingerprint density at radius 1 is 1.50 bits per heavy atom. The number of rotatable bonds is 6. The highest BCUT2D eigenvalue weighted by Crippen LogP contribution is 2.22. The third kappa shape index (κ3) is 3.55. The van der Waals surface area contributed by atoms with Gasteiger partial charge in [0.15, 0.2) is 5.82 Å². The summed E-state index contributed by atoms with van der Waals surface area (Å²) in [5, 5.41) is 13.9. The maximum absolute atomic E-state index is 11.2. The number of hydrogen-bond donors (Lipinski definition) is 2. The van der Waals surface area contributed by atoms with Gasteiger partial charge in [-0.15, -0.1) is 0 Å². The van der Waals surface area contributed by atoms with Crippen molar-refractivity contribution in [3.05, 3.63) is 11.7 Å². The van der Waals surface area contributed by atoms with Crippen LogP contribution in [0.1, 0.15) is 44.3 Å². The van der Waals surface area contributed by atoms with Crippen LogP contribution in [0.2, 0.25) is 0 Å². The van der Waals surface area contributed by atoms with Gasteiger partial charge in [0, 0.05) is 19.5 Å². The van der Waals surface area contributed by atoms with Crippen LogP contribution in [0.4, 0.5) is 0 Å². The maximum Gasteiger partial charge on any atom is 0.249 e. The van der Waals surface area contributed by atoms with Crippen LogP contribution in [0.3, 0.4) is 0 Å². The molecule has 0 atom stereocenters. The fraction of sp³-hybridized carbons (Fsp3) is 0.769. The summed E-state index contributed by atoms with van der Waals surface area (Å²) in [7, 11) is 0. The molecule has 7 heteroatoms. The van der Waals surface area contributed by atoms with E-state index in [0.29, 0.717) is 44.2 Å². The molecular formula is C13H22N4O3. The molecular weight excluding hydrogens is 260 g/mol. The van der Waals surface area contributed by atoms with Crippen molar-refractivity contribution in [2.75, 3.05) is 13.1 Å². The molecule has 20 heavy (non-hydrogen) atoms. The Balaban J connectivity index is 1.83. The fourth-order valence-corrected chi connectivity index (χ4v) is 2.31. The van der Waals surface area contributed by atoms with Gasteiger partial charge in [-0.25, -0.2) is 0 Å². The van der Waals surface area contributed by atoms with E-state index in [-0.39, 0.29) is 0 Å². The number of primary amides is 1. The Bertz CT molecular complexity index is 452. The lowest BCUT2D eigenvalue weighted by atomic mass is 9.91. The van der Waals surface area contributed by atoms with Crippen molar-refractivity contribution in [1.82, 2.24) is 15.0 Å². The summed E-state index contributed by atoms with van der Waals surface area (Å²) in [4.78, 5) is 17.6. The van der Waals surface area contributed by atoms with E-state index < -0.39 is 11.5 Å². The zero-order chi connectivity index (χ0) is 14.6. The number of unbranched alkanes of at least 4 members (excludes halogenated alkanes) is 1. The summed E-state index contributed by atoms with van der Waals surface area (Å²) in [5.74, 6) is 0.687. The molecule has 0 bridgehead atoms. The molecule has 112 valence electrons. The molecule has 2 rings (SSSR count). The molecule has 1 saturated heterocycles. The summed E-state index contributed by atoms with van der Waals surface area (Å²) in [6.45, 7) is 3.88. The van der Waals surface area contributed by atoms with Gasteiger partial charge in [0.05, 0.1) is 6.54 Å². The summed E-state index contributed by atoms with van der Waals surface area (Å²) in [6, 6.07) is 0. The number of hydrogen-bond acceptors (Lipinski definition) is 6. The molecule has 0 aromatic carbocycles. The van der Waals surface area contributed by atoms with Crippen molar-refractivity contribution in [3.8, 4) is 0 Å². The standard InChI is InChI=1S/C13H22N4O3/c1-2-3-4-11-15-10(16-20-11)9-17-7-5-13(19,6-8-17)12(14)18/h19H,2-9H2,1H3,(H2,14,18). The molecule has 2 heterocycles. The molecule has 7 nitrogen and oxygen atoms in total. The predicted molar refractivity (Wildman–Crippen MR) is 71.6 cm³/mol. The van der Waals surface area contributed by atoms with Gasteiger partial charge < -0.3 is 15.4 Å². The van der Waals surface area contributed by atoms with Gasteiger partial charge in [0.1, 0.15) is 5.60 Å². The quantitative estimate of drug-likeness (QED) is 0.773. The first-order chi connectivity index (χ1) is 9.53. The Morgan fingerprint density at radius 2 is 2.20 bits per heavy atom. The number of aromatic nitrogens is 2. The van der Waals surface area contributed by atoms with Crippen LogP contribution in [-0.2, 0) is 17.8 Å². The van der Waals surface area contributed by atoms with Crippen molar-refractivity contribution >= 4 is 5.91 Å². The Labute approximate surface area is 118 Å². The molecule has 0 radical (unpaired) electrons. The number of nitrogens with two attached hydrogens (primary N) is 1. The molecule has 1 aliphatic heterocycles. The van der Waals surface area contributed by atoms with Crippen LogP contribution in [0.5, 0.6) is 0 Å². The zero-order valence-electron chi connectivity index (χ0n) is 11.8. The minimum atomic E-state index is -1.36. The van der Waals surface area contributed by atoms with E-state index in [1.807, 2.05) is 0 Å². The molecule has 1 aliphatic rings. The summed E-state index contributed by atoms with van der Waals surface area (Å²) < 4.78 is 5.18. The Hall–Kier alpha value is -1.47. The van der Waals surface area contributed by atoms with Crippen LogP contribution < -0.4 is 5.73 Å². The van der Waals surface area contributed by atoms with Crippen molar-refractivity contribution < 1.29 is 14.4 Å². The van der Waals surface area contributed by atoms with Gasteiger partial charge in [0.25, 0.3) is 0 Å². The lowest BCUT2D eigenvalue weighted by Gasteiger charge is -2.35. The molecule has 0 aliphatic carbocycles. The Kier molecular flexibility index (Phi) is 4.72. The van der Waals surface area contributed by atoms with E-state index in [2.05, 4.69) is 22.0 Å². The summed E-state index contributed by atoms with van der Waals surface area (Å²) in [5.41, 5.74) is 3.84. The number of aliphatic hydroxyl groups is 1. The first-order valence-electron chi connectivity index (χ1n) is 7.09. The smallest absolute Gasteiger partial charge is 0.249 e.